The molecule has 1 N–H and O–H groups in total. The molecule has 0 radical (unpaired) electrons. The zero-order chi connectivity index (χ0) is 28.2. The molecule has 0 saturated heterocycles. The number of benzene rings is 3. The molecule has 9 nitrogen and oxygen atoms in total. The van der Waals surface area contributed by atoms with Gasteiger partial charge in [-0.05, 0) is 78.7 Å². The van der Waals surface area contributed by atoms with Crippen LogP contribution in [0.4, 0.5) is 11.4 Å². The van der Waals surface area contributed by atoms with Crippen molar-refractivity contribution in [1.29, 1.82) is 5.26 Å². The van der Waals surface area contributed by atoms with Gasteiger partial charge >= 0.3 is 0 Å². The SMILES string of the molecule is Cc1cc(/C=C(\C#N)C(=O)Nc2ccc3ccccc3c2)c(C)n1-c1ccc(Oc2ccc([N+](=O)[O-])cn2)cc1. The monoisotopic (exact) mass is 529 g/mol. The molecule has 3 aromatic carbocycles. The summed E-state index contributed by atoms with van der Waals surface area (Å²) < 4.78 is 7.71. The van der Waals surface area contributed by atoms with Crippen molar-refractivity contribution in [3.63, 3.8) is 0 Å². The van der Waals surface area contributed by atoms with Crippen LogP contribution < -0.4 is 10.1 Å². The number of nitrogens with zero attached hydrogens (tertiary/aromatic N) is 4. The molecule has 0 unspecified atom stereocenters. The standard InChI is InChI=1S/C31H23N5O4/c1-20-15-24(16-25(18-32)31(37)34-26-8-7-22-5-3-4-6-23(22)17-26)21(2)35(20)27-9-12-29(13-10-27)40-30-14-11-28(19-33-30)36(38)39/h3-17,19H,1-2H3,(H,34,37)/b25-16+. The quantitative estimate of drug-likeness (QED) is 0.106. The van der Waals surface area contributed by atoms with Crippen molar-refractivity contribution in [2.45, 2.75) is 13.8 Å². The number of amides is 1. The highest BCUT2D eigenvalue weighted by atomic mass is 16.6. The molecule has 0 aliphatic rings. The van der Waals surface area contributed by atoms with Gasteiger partial charge in [0.1, 0.15) is 23.6 Å². The van der Waals surface area contributed by atoms with Crippen LogP contribution in [-0.4, -0.2) is 20.4 Å². The van der Waals surface area contributed by atoms with Crippen LogP contribution in [0.15, 0.2) is 96.7 Å². The van der Waals surface area contributed by atoms with E-state index in [0.717, 1.165) is 39.6 Å². The van der Waals surface area contributed by atoms with Gasteiger partial charge in [-0.2, -0.15) is 5.26 Å². The van der Waals surface area contributed by atoms with E-state index in [1.54, 1.807) is 18.2 Å². The minimum Gasteiger partial charge on any atom is -0.439 e. The van der Waals surface area contributed by atoms with Gasteiger partial charge in [-0.1, -0.05) is 30.3 Å². The smallest absolute Gasteiger partial charge is 0.287 e. The minimum absolute atomic E-state index is 0.00671. The molecule has 0 fully saturated rings. The van der Waals surface area contributed by atoms with E-state index in [-0.39, 0.29) is 17.1 Å². The van der Waals surface area contributed by atoms with Gasteiger partial charge in [-0.25, -0.2) is 4.98 Å². The number of aromatic nitrogens is 2. The highest BCUT2D eigenvalue weighted by molar-refractivity contribution is 6.10. The average Bonchev–Trinajstić information content (AvgIpc) is 3.24. The van der Waals surface area contributed by atoms with Crippen LogP contribution in [-0.2, 0) is 4.79 Å². The van der Waals surface area contributed by atoms with E-state index in [2.05, 4.69) is 10.3 Å². The van der Waals surface area contributed by atoms with Crippen molar-refractivity contribution in [2.75, 3.05) is 5.32 Å². The van der Waals surface area contributed by atoms with Crippen LogP contribution in [0, 0.1) is 35.3 Å². The molecule has 0 aliphatic heterocycles. The summed E-state index contributed by atoms with van der Waals surface area (Å²) in [6.45, 7) is 3.86. The van der Waals surface area contributed by atoms with Crippen LogP contribution in [0.3, 0.4) is 0 Å². The van der Waals surface area contributed by atoms with Crippen LogP contribution in [0.2, 0.25) is 0 Å². The molecule has 2 aromatic heterocycles. The fourth-order valence-electron chi connectivity index (χ4n) is 4.43. The van der Waals surface area contributed by atoms with Crippen molar-refractivity contribution >= 4 is 34.1 Å². The number of rotatable bonds is 7. The average molecular weight is 530 g/mol. The van der Waals surface area contributed by atoms with Gasteiger partial charge in [0.2, 0.25) is 5.88 Å². The summed E-state index contributed by atoms with van der Waals surface area (Å²) in [5.74, 6) is 0.277. The van der Waals surface area contributed by atoms with E-state index in [1.165, 1.54) is 12.1 Å². The van der Waals surface area contributed by atoms with Gasteiger partial charge in [0.25, 0.3) is 11.6 Å². The summed E-state index contributed by atoms with van der Waals surface area (Å²) in [5.41, 5.74) is 3.87. The molecule has 9 heteroatoms. The van der Waals surface area contributed by atoms with Gasteiger partial charge in [0, 0.05) is 34.9 Å². The number of fused-ring (bicyclic) bond motifs is 1. The first kappa shape index (κ1) is 25.9. The first-order chi connectivity index (χ1) is 19.3. The van der Waals surface area contributed by atoms with E-state index in [1.807, 2.05) is 85.1 Å². The van der Waals surface area contributed by atoms with Gasteiger partial charge in [0.05, 0.1) is 4.92 Å². The minimum atomic E-state index is -0.520. The second-order valence-electron chi connectivity index (χ2n) is 9.06. The first-order valence-electron chi connectivity index (χ1n) is 12.3. The van der Waals surface area contributed by atoms with Crippen LogP contribution >= 0.6 is 0 Å². The molecule has 196 valence electrons. The predicted octanol–water partition coefficient (Wildman–Crippen LogP) is 6.89. The van der Waals surface area contributed by atoms with E-state index in [4.69, 9.17) is 4.74 Å². The predicted molar refractivity (Wildman–Crippen MR) is 152 cm³/mol. The molecule has 0 saturated carbocycles. The molecule has 40 heavy (non-hydrogen) atoms. The van der Waals surface area contributed by atoms with Crippen molar-refractivity contribution in [3.05, 3.63) is 124 Å². The number of carbonyl (C=O) groups excluding carboxylic acids is 1. The Labute approximate surface area is 229 Å². The second-order valence-corrected chi connectivity index (χ2v) is 9.06. The normalized spacial score (nSPS) is 11.2. The number of aryl methyl sites for hydroxylation is 1. The third-order valence-corrected chi connectivity index (χ3v) is 6.39. The Hall–Kier alpha value is -5.75. The fraction of sp³-hybridized carbons (Fsp3) is 0.0645. The molecule has 0 bridgehead atoms. The number of pyridine rings is 1. The molecule has 0 spiro atoms. The maximum atomic E-state index is 12.9. The summed E-state index contributed by atoms with van der Waals surface area (Å²) >= 11 is 0. The maximum Gasteiger partial charge on any atom is 0.287 e. The Morgan fingerprint density at radius 1 is 1.02 bits per heavy atom. The number of nitrogens with one attached hydrogen (secondary N) is 1. The van der Waals surface area contributed by atoms with Gasteiger partial charge < -0.3 is 14.6 Å². The molecule has 5 rings (SSSR count). The van der Waals surface area contributed by atoms with E-state index in [0.29, 0.717) is 11.4 Å². The number of nitro groups is 1. The summed E-state index contributed by atoms with van der Waals surface area (Å²) in [6, 6.07) is 27.4. The van der Waals surface area contributed by atoms with E-state index < -0.39 is 10.8 Å². The van der Waals surface area contributed by atoms with Crippen LogP contribution in [0.5, 0.6) is 11.6 Å². The summed E-state index contributed by atoms with van der Waals surface area (Å²) in [6.07, 6.45) is 2.73. The van der Waals surface area contributed by atoms with Crippen molar-refractivity contribution in [2.24, 2.45) is 0 Å². The van der Waals surface area contributed by atoms with E-state index >= 15 is 0 Å². The Morgan fingerprint density at radius 3 is 2.45 bits per heavy atom. The molecule has 0 atom stereocenters. The number of anilines is 1. The Morgan fingerprint density at radius 2 is 1.77 bits per heavy atom. The summed E-state index contributed by atoms with van der Waals surface area (Å²) in [5, 5.41) is 25.4. The van der Waals surface area contributed by atoms with Crippen molar-refractivity contribution in [1.82, 2.24) is 9.55 Å². The Balaban J connectivity index is 1.34. The zero-order valence-corrected chi connectivity index (χ0v) is 21.7. The number of nitriles is 1. The second kappa shape index (κ2) is 10.9. The Kier molecular flexibility index (Phi) is 7.07. The van der Waals surface area contributed by atoms with Crippen LogP contribution in [0.25, 0.3) is 22.5 Å². The maximum absolute atomic E-state index is 12.9. The lowest BCUT2D eigenvalue weighted by atomic mass is 10.1. The first-order valence-corrected chi connectivity index (χ1v) is 12.3. The van der Waals surface area contributed by atoms with Crippen molar-refractivity contribution in [3.8, 4) is 23.4 Å². The zero-order valence-electron chi connectivity index (χ0n) is 21.7. The lowest BCUT2D eigenvalue weighted by Gasteiger charge is -2.11. The third-order valence-electron chi connectivity index (χ3n) is 6.39. The summed E-state index contributed by atoms with van der Waals surface area (Å²) in [4.78, 5) is 27.2. The largest absolute Gasteiger partial charge is 0.439 e. The summed E-state index contributed by atoms with van der Waals surface area (Å²) in [7, 11) is 0. The molecule has 0 aliphatic carbocycles. The number of ether oxygens (including phenoxy) is 1. The van der Waals surface area contributed by atoms with Gasteiger partial charge in [0.15, 0.2) is 0 Å². The van der Waals surface area contributed by atoms with Crippen LogP contribution in [0.1, 0.15) is 17.0 Å². The van der Waals surface area contributed by atoms with Gasteiger partial charge in [-0.3, -0.25) is 14.9 Å². The molecular weight excluding hydrogens is 506 g/mol. The Bertz CT molecular complexity index is 1810. The van der Waals surface area contributed by atoms with E-state index in [9.17, 15) is 20.2 Å². The van der Waals surface area contributed by atoms with Gasteiger partial charge in [-0.15, -0.1) is 0 Å². The third kappa shape index (κ3) is 5.42. The highest BCUT2D eigenvalue weighted by Crippen LogP contribution is 2.27. The lowest BCUT2D eigenvalue weighted by Crippen LogP contribution is -2.13. The lowest BCUT2D eigenvalue weighted by molar-refractivity contribution is -0.385. The topological polar surface area (TPSA) is 123 Å². The van der Waals surface area contributed by atoms with Crippen molar-refractivity contribution < 1.29 is 14.5 Å². The number of hydrogen-bond acceptors (Lipinski definition) is 6. The number of hydrogen-bond donors (Lipinski definition) is 1. The molecular formula is C31H23N5O4. The highest BCUT2D eigenvalue weighted by Gasteiger charge is 2.15. The molecule has 1 amide bonds. The molecule has 5 aromatic rings. The molecule has 2 heterocycles. The fourth-order valence-corrected chi connectivity index (χ4v) is 4.43. The number of carbonyl (C=O) groups is 1.